The second kappa shape index (κ2) is 20.5. The second-order valence-electron chi connectivity index (χ2n) is 11.0. The first-order chi connectivity index (χ1) is 24.4. The molecule has 0 spiro atoms. The number of unbranched alkanes of at least 4 members (excludes halogenated alkanes) is 3. The molecule has 0 radical (unpaired) electrons. The van der Waals surface area contributed by atoms with Crippen molar-refractivity contribution in [2.24, 2.45) is 12.1 Å². The number of hydrazone groups is 1. The summed E-state index contributed by atoms with van der Waals surface area (Å²) in [6, 6.07) is 18.3. The van der Waals surface area contributed by atoms with Crippen molar-refractivity contribution in [3.8, 4) is 0 Å². The molecule has 51 heavy (non-hydrogen) atoms. The summed E-state index contributed by atoms with van der Waals surface area (Å²) in [6.45, 7) is 5.13. The third-order valence-electron chi connectivity index (χ3n) is 7.20. The summed E-state index contributed by atoms with van der Waals surface area (Å²) in [5.74, 6) is 0.575. The van der Waals surface area contributed by atoms with Gasteiger partial charge in [-0.15, -0.1) is 0 Å². The van der Waals surface area contributed by atoms with Gasteiger partial charge in [0.1, 0.15) is 11.6 Å². The van der Waals surface area contributed by atoms with Crippen molar-refractivity contribution in [2.45, 2.75) is 52.5 Å². The van der Waals surface area contributed by atoms with Gasteiger partial charge in [0.25, 0.3) is 5.91 Å². The molecular weight excluding hydrogens is 681 g/mol. The molecule has 0 bridgehead atoms. The number of anilines is 2. The summed E-state index contributed by atoms with van der Waals surface area (Å²) < 4.78 is 21.0. The Morgan fingerprint density at radius 3 is 2.41 bits per heavy atom. The molecule has 0 saturated carbocycles. The molecule has 0 atom stereocenters. The first-order valence-electron chi connectivity index (χ1n) is 16.3. The molecule has 2 amide bonds. The molecule has 274 valence electrons. The number of rotatable bonds is 16. The van der Waals surface area contributed by atoms with E-state index in [1.165, 1.54) is 4.90 Å². The minimum atomic E-state index is -4.64. The molecule has 16 nitrogen and oxygen atoms in total. The second-order valence-corrected chi connectivity index (χ2v) is 12.1. The van der Waals surface area contributed by atoms with E-state index >= 15 is 0 Å². The Labute approximate surface area is 295 Å². The molecule has 4 rings (SSSR count). The summed E-state index contributed by atoms with van der Waals surface area (Å²) >= 11 is 0. The number of phosphoric acid groups is 1. The molecule has 2 heterocycles. The van der Waals surface area contributed by atoms with E-state index in [1.54, 1.807) is 49.7 Å². The summed E-state index contributed by atoms with van der Waals surface area (Å²) in [7, 11) is -2.71. The van der Waals surface area contributed by atoms with Crippen LogP contribution < -0.4 is 15.6 Å². The Kier molecular flexibility index (Phi) is 16.2. The molecular formula is C34H44N7O9P. The molecule has 2 aromatic carbocycles. The molecule has 17 heteroatoms. The van der Waals surface area contributed by atoms with Crippen LogP contribution >= 0.6 is 7.82 Å². The van der Waals surface area contributed by atoms with Gasteiger partial charge in [-0.2, -0.15) is 5.10 Å². The highest BCUT2D eigenvalue weighted by atomic mass is 31.2. The Morgan fingerprint density at radius 1 is 1.00 bits per heavy atom. The number of nitrogens with one attached hydrogen (secondary N) is 2. The number of nitrogens with zero attached hydrogens (tertiary/aromatic N) is 5. The van der Waals surface area contributed by atoms with Gasteiger partial charge in [-0.1, -0.05) is 44.4 Å². The lowest BCUT2D eigenvalue weighted by atomic mass is 10.1. The van der Waals surface area contributed by atoms with Crippen LogP contribution in [-0.2, 0) is 32.4 Å². The van der Waals surface area contributed by atoms with Crippen molar-refractivity contribution in [2.75, 3.05) is 30.0 Å². The third-order valence-corrected chi connectivity index (χ3v) is 7.20. The van der Waals surface area contributed by atoms with E-state index in [4.69, 9.17) is 33.7 Å². The Balaban J connectivity index is 0.00000131. The number of amides is 2. The van der Waals surface area contributed by atoms with Gasteiger partial charge in [0.05, 0.1) is 43.4 Å². The molecule has 4 aromatic rings. The number of esters is 1. The van der Waals surface area contributed by atoms with Crippen LogP contribution in [0.1, 0.15) is 67.7 Å². The van der Waals surface area contributed by atoms with E-state index in [-0.39, 0.29) is 31.4 Å². The largest absolute Gasteiger partial charge is 0.466 e. The molecule has 0 aliphatic carbocycles. The number of imidazole rings is 1. The fourth-order valence-electron chi connectivity index (χ4n) is 4.72. The molecule has 2 aromatic heterocycles. The minimum Gasteiger partial charge on any atom is -0.466 e. The van der Waals surface area contributed by atoms with Crippen LogP contribution in [0.3, 0.4) is 0 Å². The van der Waals surface area contributed by atoms with Crippen LogP contribution in [0.2, 0.25) is 0 Å². The Bertz CT molecular complexity index is 1790. The normalized spacial score (nSPS) is 11.1. The van der Waals surface area contributed by atoms with Gasteiger partial charge in [0, 0.05) is 31.0 Å². The maximum atomic E-state index is 13.6. The SMILES string of the molecule is CCCCCCOC(=O)N/N=C/c1ccc(NCc2nc3cc(C(=O)N(CCC(=O)OCC)c4ccccn4)ccc3n2C)cc1.O=P(O)(O)O. The van der Waals surface area contributed by atoms with Crippen molar-refractivity contribution in [1.29, 1.82) is 0 Å². The molecule has 0 aliphatic heterocycles. The zero-order valence-electron chi connectivity index (χ0n) is 28.8. The van der Waals surface area contributed by atoms with Crippen LogP contribution in [0.4, 0.5) is 16.3 Å². The quantitative estimate of drug-likeness (QED) is 0.0343. The maximum absolute atomic E-state index is 13.6. The van der Waals surface area contributed by atoms with Gasteiger partial charge in [0.15, 0.2) is 0 Å². The van der Waals surface area contributed by atoms with Crippen molar-refractivity contribution in [3.05, 3.63) is 83.8 Å². The number of carbonyl (C=O) groups is 3. The van der Waals surface area contributed by atoms with Gasteiger partial charge in [-0.3, -0.25) is 14.5 Å². The van der Waals surface area contributed by atoms with Crippen molar-refractivity contribution in [3.63, 3.8) is 0 Å². The Hall–Kier alpha value is -5.15. The lowest BCUT2D eigenvalue weighted by Crippen LogP contribution is -2.34. The number of carbonyl (C=O) groups excluding carboxylic acids is 3. The predicted octanol–water partition coefficient (Wildman–Crippen LogP) is 4.89. The number of hydrogen-bond donors (Lipinski definition) is 5. The van der Waals surface area contributed by atoms with Crippen molar-refractivity contribution >= 4 is 54.5 Å². The van der Waals surface area contributed by atoms with E-state index in [0.717, 1.165) is 48.3 Å². The maximum Gasteiger partial charge on any atom is 0.466 e. The van der Waals surface area contributed by atoms with Crippen LogP contribution in [0.15, 0.2) is 72.0 Å². The molecule has 0 unspecified atom stereocenters. The van der Waals surface area contributed by atoms with Gasteiger partial charge in [-0.05, 0) is 61.4 Å². The van der Waals surface area contributed by atoms with Crippen molar-refractivity contribution < 1.29 is 43.1 Å². The monoisotopic (exact) mass is 725 g/mol. The third kappa shape index (κ3) is 14.3. The topological polar surface area (TPSA) is 218 Å². The number of fused-ring (bicyclic) bond motifs is 1. The van der Waals surface area contributed by atoms with E-state index in [2.05, 4.69) is 27.8 Å². The number of benzene rings is 2. The average molecular weight is 726 g/mol. The Morgan fingerprint density at radius 2 is 1.75 bits per heavy atom. The van der Waals surface area contributed by atoms with Gasteiger partial charge in [-0.25, -0.2) is 24.8 Å². The predicted molar refractivity (Wildman–Crippen MR) is 192 cm³/mol. The smallest absolute Gasteiger partial charge is 0.466 e. The standard InChI is InChI=1S/C34H41N7O5.H3O4P/c1-4-6-7-10-21-46-34(44)39-37-23-25-12-15-27(16-13-25)36-24-31-38-28-22-26(14-17-29(28)40(31)3)33(43)41(20-18-32(42)45-5-2)30-11-8-9-19-35-30;1-5(2,3)4/h8-9,11-17,19,22-23,36H,4-7,10,18,20-21,24H2,1-3H3,(H,39,44);(H3,1,2,3,4)/b37-23+;. The highest BCUT2D eigenvalue weighted by Gasteiger charge is 2.21. The van der Waals surface area contributed by atoms with Crippen LogP contribution in [0, 0.1) is 0 Å². The molecule has 0 aliphatic rings. The summed E-state index contributed by atoms with van der Waals surface area (Å²) in [6.07, 6.45) is 6.79. The first-order valence-corrected chi connectivity index (χ1v) is 17.9. The molecule has 0 saturated heterocycles. The number of pyridine rings is 1. The van der Waals surface area contributed by atoms with E-state index in [9.17, 15) is 14.4 Å². The lowest BCUT2D eigenvalue weighted by Gasteiger charge is -2.21. The van der Waals surface area contributed by atoms with E-state index in [1.807, 2.05) is 41.9 Å². The summed E-state index contributed by atoms with van der Waals surface area (Å²) in [5, 5.41) is 7.33. The number of aryl methyl sites for hydroxylation is 1. The number of aromatic nitrogens is 3. The highest BCUT2D eigenvalue weighted by Crippen LogP contribution is 2.26. The number of ether oxygens (including phenoxy) is 2. The van der Waals surface area contributed by atoms with Crippen molar-refractivity contribution in [1.82, 2.24) is 20.0 Å². The zero-order chi connectivity index (χ0) is 37.2. The molecule has 5 N–H and O–H groups in total. The summed E-state index contributed by atoms with van der Waals surface area (Å²) in [5.41, 5.74) is 6.07. The average Bonchev–Trinajstić information content (AvgIpc) is 3.41. The van der Waals surface area contributed by atoms with Gasteiger partial charge < -0.3 is 34.0 Å². The van der Waals surface area contributed by atoms with Crippen LogP contribution in [0.25, 0.3) is 11.0 Å². The van der Waals surface area contributed by atoms with Gasteiger partial charge in [0.2, 0.25) is 0 Å². The molecule has 0 fully saturated rings. The fourth-order valence-corrected chi connectivity index (χ4v) is 4.72. The minimum absolute atomic E-state index is 0.0519. The van der Waals surface area contributed by atoms with E-state index < -0.39 is 13.9 Å². The summed E-state index contributed by atoms with van der Waals surface area (Å²) in [4.78, 5) is 69.5. The van der Waals surface area contributed by atoms with Crippen LogP contribution in [0.5, 0.6) is 0 Å². The first kappa shape index (κ1) is 40.3. The number of hydrogen-bond acceptors (Lipinski definition) is 10. The fraction of sp³-hybridized carbons (Fsp3) is 0.353. The van der Waals surface area contributed by atoms with Crippen LogP contribution in [-0.4, -0.2) is 73.2 Å². The van der Waals surface area contributed by atoms with Gasteiger partial charge >= 0.3 is 19.9 Å². The lowest BCUT2D eigenvalue weighted by molar-refractivity contribution is -0.142. The van der Waals surface area contributed by atoms with E-state index in [0.29, 0.717) is 30.0 Å². The zero-order valence-corrected chi connectivity index (χ0v) is 29.7. The highest BCUT2D eigenvalue weighted by molar-refractivity contribution is 7.45.